The Morgan fingerprint density at radius 2 is 1.90 bits per heavy atom. The quantitative estimate of drug-likeness (QED) is 0.846. The zero-order chi connectivity index (χ0) is 15.3. The largest absolute Gasteiger partial charge is 0.416 e. The van der Waals surface area contributed by atoms with E-state index in [4.69, 9.17) is 0 Å². The predicted octanol–water partition coefficient (Wildman–Crippen LogP) is 4.22. The van der Waals surface area contributed by atoms with Crippen LogP contribution in [0.1, 0.15) is 30.4 Å². The van der Waals surface area contributed by atoms with Crippen LogP contribution in [0.25, 0.3) is 0 Å². The van der Waals surface area contributed by atoms with Gasteiger partial charge >= 0.3 is 6.18 Å². The lowest BCUT2D eigenvalue weighted by Gasteiger charge is -2.13. The van der Waals surface area contributed by atoms with Gasteiger partial charge in [0.2, 0.25) is 5.91 Å². The lowest BCUT2D eigenvalue weighted by molar-refractivity contribution is -0.137. The zero-order valence-corrected chi connectivity index (χ0v) is 12.5. The van der Waals surface area contributed by atoms with E-state index < -0.39 is 11.7 Å². The number of nitrogens with one attached hydrogen (secondary N) is 1. The van der Waals surface area contributed by atoms with Crippen molar-refractivity contribution in [3.8, 4) is 0 Å². The highest BCUT2D eigenvalue weighted by Gasteiger charge is 2.30. The number of benzene rings is 1. The maximum absolute atomic E-state index is 12.4. The molecule has 110 valence electrons. The molecule has 0 aliphatic heterocycles. The van der Waals surface area contributed by atoms with Gasteiger partial charge < -0.3 is 5.32 Å². The highest BCUT2D eigenvalue weighted by molar-refractivity contribution is 9.11. The number of alkyl halides is 3. The number of hydrogen-bond donors (Lipinski definition) is 1. The summed E-state index contributed by atoms with van der Waals surface area (Å²) in [5.74, 6) is -0.320. The zero-order valence-electron chi connectivity index (χ0n) is 10.9. The molecule has 0 saturated carbocycles. The van der Waals surface area contributed by atoms with E-state index in [9.17, 15) is 18.0 Å². The van der Waals surface area contributed by atoms with Crippen molar-refractivity contribution in [1.82, 2.24) is 5.32 Å². The Hall–Kier alpha value is -1.30. The van der Waals surface area contributed by atoms with Crippen molar-refractivity contribution in [2.24, 2.45) is 0 Å². The second kappa shape index (κ2) is 6.92. The molecule has 1 atom stereocenters. The molecule has 1 aromatic rings. The number of carbonyl (C=O) groups is 1. The van der Waals surface area contributed by atoms with Gasteiger partial charge in [-0.2, -0.15) is 13.2 Å². The second-order valence-corrected chi connectivity index (χ2v) is 5.64. The predicted molar refractivity (Wildman–Crippen MR) is 75.6 cm³/mol. The molecule has 1 unspecified atom stereocenters. The third kappa shape index (κ3) is 5.36. The van der Waals surface area contributed by atoms with Crippen molar-refractivity contribution in [3.05, 3.63) is 46.5 Å². The van der Waals surface area contributed by atoms with E-state index in [0.717, 1.165) is 12.1 Å². The van der Waals surface area contributed by atoms with Crippen LogP contribution in [0.3, 0.4) is 0 Å². The fraction of sp³-hybridized carbons (Fsp3) is 0.357. The van der Waals surface area contributed by atoms with Gasteiger partial charge in [-0.3, -0.25) is 4.79 Å². The Morgan fingerprint density at radius 1 is 1.35 bits per heavy atom. The van der Waals surface area contributed by atoms with Crippen molar-refractivity contribution >= 4 is 21.8 Å². The number of halogens is 4. The van der Waals surface area contributed by atoms with Crippen molar-refractivity contribution in [2.45, 2.75) is 25.4 Å². The first-order chi connectivity index (χ1) is 9.20. The van der Waals surface area contributed by atoms with Gasteiger partial charge in [-0.25, -0.2) is 0 Å². The summed E-state index contributed by atoms with van der Waals surface area (Å²) in [6.45, 7) is 5.72. The van der Waals surface area contributed by atoms with Gasteiger partial charge in [0.1, 0.15) is 0 Å². The third-order valence-electron chi connectivity index (χ3n) is 2.78. The number of rotatable bonds is 5. The van der Waals surface area contributed by atoms with Gasteiger partial charge in [0.15, 0.2) is 0 Å². The Bertz CT molecular complexity index is 482. The number of carbonyl (C=O) groups excluding carboxylic acids is 1. The Morgan fingerprint density at radius 3 is 2.35 bits per heavy atom. The van der Waals surface area contributed by atoms with Crippen LogP contribution >= 0.6 is 15.9 Å². The van der Waals surface area contributed by atoms with Gasteiger partial charge in [-0.05, 0) is 23.6 Å². The molecule has 0 fully saturated rings. The van der Waals surface area contributed by atoms with Crippen LogP contribution in [-0.4, -0.2) is 12.5 Å². The summed E-state index contributed by atoms with van der Waals surface area (Å²) in [5.41, 5.74) is 0.0132. The first-order valence-electron chi connectivity index (χ1n) is 5.97. The molecule has 1 N–H and O–H groups in total. The Labute approximate surface area is 124 Å². The molecule has 2 nitrogen and oxygen atoms in total. The summed E-state index contributed by atoms with van der Waals surface area (Å²) in [7, 11) is 0. The van der Waals surface area contributed by atoms with Crippen LogP contribution in [0.4, 0.5) is 13.2 Å². The van der Waals surface area contributed by atoms with Gasteiger partial charge in [0.25, 0.3) is 0 Å². The smallest absolute Gasteiger partial charge is 0.352 e. The minimum atomic E-state index is -4.34. The molecule has 1 aromatic carbocycles. The van der Waals surface area contributed by atoms with E-state index in [1.807, 2.05) is 0 Å². The van der Waals surface area contributed by atoms with Crippen molar-refractivity contribution in [2.75, 3.05) is 6.54 Å². The van der Waals surface area contributed by atoms with E-state index in [1.54, 1.807) is 6.92 Å². The van der Waals surface area contributed by atoms with E-state index in [2.05, 4.69) is 27.8 Å². The lowest BCUT2D eigenvalue weighted by Crippen LogP contribution is -2.25. The molecule has 0 heterocycles. The van der Waals surface area contributed by atoms with Crippen LogP contribution in [-0.2, 0) is 11.0 Å². The van der Waals surface area contributed by atoms with Gasteiger partial charge in [-0.1, -0.05) is 41.6 Å². The fourth-order valence-electron chi connectivity index (χ4n) is 1.66. The molecule has 0 saturated heterocycles. The summed E-state index contributed by atoms with van der Waals surface area (Å²) in [6, 6.07) is 4.88. The maximum Gasteiger partial charge on any atom is 0.416 e. The average Bonchev–Trinajstić information content (AvgIpc) is 2.35. The fourth-order valence-corrected chi connectivity index (χ4v) is 1.80. The molecule has 0 aromatic heterocycles. The van der Waals surface area contributed by atoms with E-state index >= 15 is 0 Å². The summed E-state index contributed by atoms with van der Waals surface area (Å²) in [4.78, 5) is 11.6. The van der Waals surface area contributed by atoms with Crippen molar-refractivity contribution in [3.63, 3.8) is 0 Å². The topological polar surface area (TPSA) is 29.1 Å². The maximum atomic E-state index is 12.4. The molecule has 0 aliphatic carbocycles. The summed E-state index contributed by atoms with van der Waals surface area (Å²) in [5, 5.41) is 2.65. The lowest BCUT2D eigenvalue weighted by atomic mass is 9.96. The average molecular weight is 350 g/mol. The van der Waals surface area contributed by atoms with Crippen LogP contribution < -0.4 is 5.32 Å². The summed E-state index contributed by atoms with van der Waals surface area (Å²) in [6.07, 6.45) is -4.12. The first kappa shape index (κ1) is 16.8. The number of amides is 1. The Balaban J connectivity index is 2.62. The van der Waals surface area contributed by atoms with Crippen molar-refractivity contribution < 1.29 is 18.0 Å². The minimum Gasteiger partial charge on any atom is -0.352 e. The van der Waals surface area contributed by atoms with Crippen molar-refractivity contribution in [1.29, 1.82) is 0 Å². The molecular formula is C14H15BrF3NO. The summed E-state index contributed by atoms with van der Waals surface area (Å²) < 4.78 is 38.0. The second-order valence-electron chi connectivity index (χ2n) is 4.52. The number of hydrogen-bond acceptors (Lipinski definition) is 1. The van der Waals surface area contributed by atoms with Gasteiger partial charge in [0, 0.05) is 17.4 Å². The SMILES string of the molecule is C=C(Br)CNC(=O)CC(C)c1ccc(C(F)(F)F)cc1. The van der Waals surface area contributed by atoms with Gasteiger partial charge in [-0.15, -0.1) is 0 Å². The molecule has 20 heavy (non-hydrogen) atoms. The molecule has 0 radical (unpaired) electrons. The van der Waals surface area contributed by atoms with Crippen LogP contribution in [0.2, 0.25) is 0 Å². The van der Waals surface area contributed by atoms with Crippen LogP contribution in [0, 0.1) is 0 Å². The highest BCUT2D eigenvalue weighted by Crippen LogP contribution is 2.30. The summed E-state index contributed by atoms with van der Waals surface area (Å²) >= 11 is 3.12. The Kier molecular flexibility index (Phi) is 5.80. The molecule has 0 bridgehead atoms. The van der Waals surface area contributed by atoms with Crippen LogP contribution in [0.5, 0.6) is 0 Å². The highest BCUT2D eigenvalue weighted by atomic mass is 79.9. The van der Waals surface area contributed by atoms with E-state index in [1.165, 1.54) is 12.1 Å². The first-order valence-corrected chi connectivity index (χ1v) is 6.76. The van der Waals surface area contributed by atoms with Gasteiger partial charge in [0.05, 0.1) is 5.56 Å². The molecule has 1 rings (SSSR count). The molecular weight excluding hydrogens is 335 g/mol. The minimum absolute atomic E-state index is 0.152. The monoisotopic (exact) mass is 349 g/mol. The molecule has 6 heteroatoms. The normalized spacial score (nSPS) is 12.8. The van der Waals surface area contributed by atoms with E-state index in [-0.39, 0.29) is 18.2 Å². The van der Waals surface area contributed by atoms with Crippen LogP contribution in [0.15, 0.2) is 35.3 Å². The molecule has 0 aliphatic rings. The standard InChI is InChI=1S/C14H15BrF3NO/c1-9(7-13(20)19-8-10(2)15)11-3-5-12(6-4-11)14(16,17)18/h3-6,9H,2,7-8H2,1H3,(H,19,20). The third-order valence-corrected chi connectivity index (χ3v) is 3.06. The van der Waals surface area contributed by atoms with E-state index in [0.29, 0.717) is 16.6 Å². The molecule has 1 amide bonds. The molecule has 0 spiro atoms.